The van der Waals surface area contributed by atoms with Crippen molar-refractivity contribution < 1.29 is 8.42 Å². The second-order valence-electron chi connectivity index (χ2n) is 4.10. The monoisotopic (exact) mass is 317 g/mol. The number of aromatic nitrogens is 1. The molecule has 1 unspecified atom stereocenters. The minimum absolute atomic E-state index is 0.262. The maximum absolute atomic E-state index is 12.2. The zero-order valence-corrected chi connectivity index (χ0v) is 13.0. The van der Waals surface area contributed by atoms with Crippen LogP contribution in [-0.2, 0) is 16.6 Å². The molecule has 0 fully saturated rings. The van der Waals surface area contributed by atoms with Crippen LogP contribution in [0.2, 0.25) is 0 Å². The minimum Gasteiger partial charge on any atom is -0.326 e. The zero-order chi connectivity index (χ0) is 14.0. The third-order valence-corrected chi connectivity index (χ3v) is 6.21. The SMILES string of the molecule is Cc1cnc(C(C)NS(=O)(=O)c2csc(CN)c2)s1. The molecule has 0 radical (unpaired) electrons. The number of nitrogens with zero attached hydrogens (tertiary/aromatic N) is 1. The average molecular weight is 317 g/mol. The number of nitrogens with two attached hydrogens (primary N) is 1. The van der Waals surface area contributed by atoms with Gasteiger partial charge in [0.15, 0.2) is 0 Å². The van der Waals surface area contributed by atoms with E-state index in [1.165, 1.54) is 22.7 Å². The van der Waals surface area contributed by atoms with Gasteiger partial charge in [-0.3, -0.25) is 0 Å². The lowest BCUT2D eigenvalue weighted by Gasteiger charge is -2.10. The molecule has 0 aliphatic carbocycles. The Kier molecular flexibility index (Phi) is 4.36. The molecule has 104 valence electrons. The van der Waals surface area contributed by atoms with Crippen LogP contribution in [0.25, 0.3) is 0 Å². The van der Waals surface area contributed by atoms with Crippen molar-refractivity contribution in [3.63, 3.8) is 0 Å². The molecular weight excluding hydrogens is 302 g/mol. The second-order valence-corrected chi connectivity index (χ2v) is 8.08. The molecule has 0 aliphatic heterocycles. The van der Waals surface area contributed by atoms with E-state index in [1.807, 2.05) is 6.92 Å². The number of thiazole rings is 1. The van der Waals surface area contributed by atoms with Gasteiger partial charge in [0.1, 0.15) is 5.01 Å². The van der Waals surface area contributed by atoms with Crippen LogP contribution in [0.4, 0.5) is 0 Å². The number of thiophene rings is 1. The second kappa shape index (κ2) is 5.68. The summed E-state index contributed by atoms with van der Waals surface area (Å²) in [4.78, 5) is 6.35. The molecule has 0 amide bonds. The molecule has 0 spiro atoms. The first kappa shape index (κ1) is 14.6. The molecule has 19 heavy (non-hydrogen) atoms. The van der Waals surface area contributed by atoms with Crippen LogP contribution >= 0.6 is 22.7 Å². The summed E-state index contributed by atoms with van der Waals surface area (Å²) in [5.74, 6) is 0. The van der Waals surface area contributed by atoms with E-state index < -0.39 is 10.0 Å². The molecule has 0 saturated carbocycles. The van der Waals surface area contributed by atoms with E-state index in [0.717, 1.165) is 14.8 Å². The van der Waals surface area contributed by atoms with Crippen LogP contribution in [-0.4, -0.2) is 13.4 Å². The predicted octanol–water partition coefficient (Wildman–Crippen LogP) is 2.01. The molecule has 1 atom stereocenters. The molecule has 3 N–H and O–H groups in total. The lowest BCUT2D eigenvalue weighted by molar-refractivity contribution is 0.566. The molecule has 8 heteroatoms. The number of aryl methyl sites for hydroxylation is 1. The van der Waals surface area contributed by atoms with Gasteiger partial charge >= 0.3 is 0 Å². The molecular formula is C11H15N3O2S3. The number of hydrogen-bond donors (Lipinski definition) is 2. The molecule has 0 saturated heterocycles. The summed E-state index contributed by atoms with van der Waals surface area (Å²) in [6.45, 7) is 4.07. The van der Waals surface area contributed by atoms with Gasteiger partial charge in [-0.2, -0.15) is 0 Å². The van der Waals surface area contributed by atoms with Crippen LogP contribution in [0.5, 0.6) is 0 Å². The fourth-order valence-corrected chi connectivity index (χ4v) is 4.75. The van der Waals surface area contributed by atoms with Gasteiger partial charge in [0.2, 0.25) is 10.0 Å². The van der Waals surface area contributed by atoms with Crippen LogP contribution in [0.1, 0.15) is 27.7 Å². The molecule has 2 aromatic heterocycles. The first-order valence-corrected chi connectivity index (χ1v) is 8.82. The van der Waals surface area contributed by atoms with E-state index in [9.17, 15) is 8.42 Å². The van der Waals surface area contributed by atoms with Gasteiger partial charge in [-0.1, -0.05) is 0 Å². The van der Waals surface area contributed by atoms with Crippen molar-refractivity contribution in [2.45, 2.75) is 31.3 Å². The minimum atomic E-state index is -3.52. The van der Waals surface area contributed by atoms with Crippen molar-refractivity contribution in [1.82, 2.24) is 9.71 Å². The summed E-state index contributed by atoms with van der Waals surface area (Å²) >= 11 is 2.83. The van der Waals surface area contributed by atoms with Crippen molar-refractivity contribution in [1.29, 1.82) is 0 Å². The maximum Gasteiger partial charge on any atom is 0.242 e. The summed E-state index contributed by atoms with van der Waals surface area (Å²) in [6.07, 6.45) is 1.74. The highest BCUT2D eigenvalue weighted by Crippen LogP contribution is 2.23. The van der Waals surface area contributed by atoms with Gasteiger partial charge in [-0.15, -0.1) is 22.7 Å². The van der Waals surface area contributed by atoms with E-state index in [4.69, 9.17) is 5.73 Å². The fraction of sp³-hybridized carbons (Fsp3) is 0.364. The highest BCUT2D eigenvalue weighted by molar-refractivity contribution is 7.89. The van der Waals surface area contributed by atoms with Gasteiger partial charge in [0.05, 0.1) is 10.9 Å². The molecule has 2 aromatic rings. The first-order chi connectivity index (χ1) is 8.92. The maximum atomic E-state index is 12.2. The van der Waals surface area contributed by atoms with Gasteiger partial charge < -0.3 is 5.73 Å². The Morgan fingerprint density at radius 2 is 2.26 bits per heavy atom. The van der Waals surface area contributed by atoms with Crippen LogP contribution in [0.3, 0.4) is 0 Å². The Bertz CT molecular complexity index is 660. The van der Waals surface area contributed by atoms with Gasteiger partial charge in [-0.25, -0.2) is 18.1 Å². The quantitative estimate of drug-likeness (QED) is 0.883. The zero-order valence-electron chi connectivity index (χ0n) is 10.6. The summed E-state index contributed by atoms with van der Waals surface area (Å²) < 4.78 is 27.0. The first-order valence-electron chi connectivity index (χ1n) is 5.64. The number of rotatable bonds is 5. The number of hydrogen-bond acceptors (Lipinski definition) is 6. The van der Waals surface area contributed by atoms with E-state index >= 15 is 0 Å². The highest BCUT2D eigenvalue weighted by Gasteiger charge is 2.21. The van der Waals surface area contributed by atoms with Crippen LogP contribution < -0.4 is 10.5 Å². The lowest BCUT2D eigenvalue weighted by Crippen LogP contribution is -2.26. The van der Waals surface area contributed by atoms with Gasteiger partial charge in [0, 0.05) is 27.9 Å². The molecule has 5 nitrogen and oxygen atoms in total. The molecule has 0 aromatic carbocycles. The van der Waals surface area contributed by atoms with Gasteiger partial charge in [0.25, 0.3) is 0 Å². The standard InChI is InChI=1S/C11H15N3O2S3/c1-7-5-13-11(18-7)8(2)14-19(15,16)10-3-9(4-12)17-6-10/h3,5-6,8,14H,4,12H2,1-2H3. The Morgan fingerprint density at radius 1 is 1.53 bits per heavy atom. The number of nitrogens with one attached hydrogen (secondary N) is 1. The van der Waals surface area contributed by atoms with Crippen LogP contribution in [0, 0.1) is 6.92 Å². The van der Waals surface area contributed by atoms with Crippen molar-refractivity contribution in [3.05, 3.63) is 32.4 Å². The summed E-state index contributed by atoms with van der Waals surface area (Å²) in [5, 5.41) is 2.36. The lowest BCUT2D eigenvalue weighted by atomic mass is 10.4. The van der Waals surface area contributed by atoms with E-state index in [1.54, 1.807) is 24.6 Å². The summed E-state index contributed by atoms with van der Waals surface area (Å²) in [6, 6.07) is 1.26. The summed E-state index contributed by atoms with van der Waals surface area (Å²) in [5.41, 5.74) is 5.49. The molecule has 2 heterocycles. The Labute approximate surface area is 120 Å². The topological polar surface area (TPSA) is 85.1 Å². The summed E-state index contributed by atoms with van der Waals surface area (Å²) in [7, 11) is -3.52. The fourth-order valence-electron chi connectivity index (χ4n) is 1.53. The highest BCUT2D eigenvalue weighted by atomic mass is 32.2. The normalized spacial score (nSPS) is 13.6. The van der Waals surface area contributed by atoms with Crippen molar-refractivity contribution in [2.75, 3.05) is 0 Å². The molecule has 0 bridgehead atoms. The van der Waals surface area contributed by atoms with Crippen molar-refractivity contribution >= 4 is 32.7 Å². The van der Waals surface area contributed by atoms with E-state index in [2.05, 4.69) is 9.71 Å². The van der Waals surface area contributed by atoms with Crippen molar-refractivity contribution in [3.8, 4) is 0 Å². The van der Waals surface area contributed by atoms with E-state index in [0.29, 0.717) is 6.54 Å². The van der Waals surface area contributed by atoms with Gasteiger partial charge in [-0.05, 0) is 19.9 Å². The Hall–Kier alpha value is -0.800. The third kappa shape index (κ3) is 3.40. The predicted molar refractivity (Wildman–Crippen MR) is 77.8 cm³/mol. The Balaban J connectivity index is 2.17. The molecule has 0 aliphatic rings. The smallest absolute Gasteiger partial charge is 0.242 e. The van der Waals surface area contributed by atoms with Crippen molar-refractivity contribution in [2.24, 2.45) is 5.73 Å². The Morgan fingerprint density at radius 3 is 2.79 bits per heavy atom. The number of sulfonamides is 1. The van der Waals surface area contributed by atoms with Crippen LogP contribution in [0.15, 0.2) is 22.5 Å². The largest absolute Gasteiger partial charge is 0.326 e. The molecule has 2 rings (SSSR count). The third-order valence-electron chi connectivity index (χ3n) is 2.48. The average Bonchev–Trinajstić information content (AvgIpc) is 2.96. The van der Waals surface area contributed by atoms with E-state index in [-0.39, 0.29) is 10.9 Å².